The van der Waals surface area contributed by atoms with Gasteiger partial charge in [-0.15, -0.1) is 0 Å². The molecule has 1 aliphatic heterocycles. The SMILES string of the molecule is CCCC(C(N)=NO)N1CCN(S(=O)(=O)C(C)C)CC1. The minimum absolute atomic E-state index is 0.117. The van der Waals surface area contributed by atoms with Crippen molar-refractivity contribution in [3.63, 3.8) is 0 Å². The minimum atomic E-state index is -3.19. The Morgan fingerprint density at radius 1 is 1.30 bits per heavy atom. The first-order chi connectivity index (χ1) is 9.34. The third-order valence-corrected chi connectivity index (χ3v) is 5.96. The number of nitrogens with zero attached hydrogens (tertiary/aromatic N) is 3. The number of hydrogen-bond acceptors (Lipinski definition) is 5. The quantitative estimate of drug-likeness (QED) is 0.317. The van der Waals surface area contributed by atoms with Gasteiger partial charge < -0.3 is 10.9 Å². The van der Waals surface area contributed by atoms with Crippen molar-refractivity contribution in [3.05, 3.63) is 0 Å². The maximum absolute atomic E-state index is 12.1. The summed E-state index contributed by atoms with van der Waals surface area (Å²) in [6.07, 6.45) is 1.72. The first-order valence-electron chi connectivity index (χ1n) is 7.05. The van der Waals surface area contributed by atoms with Crippen molar-refractivity contribution in [1.82, 2.24) is 9.21 Å². The highest BCUT2D eigenvalue weighted by Crippen LogP contribution is 2.16. The molecule has 0 aromatic heterocycles. The second kappa shape index (κ2) is 7.24. The molecule has 1 fully saturated rings. The number of oxime groups is 1. The van der Waals surface area contributed by atoms with E-state index in [1.54, 1.807) is 13.8 Å². The van der Waals surface area contributed by atoms with Gasteiger partial charge in [0, 0.05) is 26.2 Å². The van der Waals surface area contributed by atoms with Gasteiger partial charge in [-0.1, -0.05) is 18.5 Å². The lowest BCUT2D eigenvalue weighted by atomic mass is 10.1. The van der Waals surface area contributed by atoms with E-state index in [9.17, 15) is 8.42 Å². The zero-order valence-electron chi connectivity index (χ0n) is 12.5. The Labute approximate surface area is 121 Å². The molecule has 7 nitrogen and oxygen atoms in total. The summed E-state index contributed by atoms with van der Waals surface area (Å²) >= 11 is 0. The molecule has 1 rings (SSSR count). The summed E-state index contributed by atoms with van der Waals surface area (Å²) in [7, 11) is -3.19. The highest BCUT2D eigenvalue weighted by Gasteiger charge is 2.32. The van der Waals surface area contributed by atoms with Crippen LogP contribution in [0.2, 0.25) is 0 Å². The third-order valence-electron chi connectivity index (χ3n) is 3.69. The van der Waals surface area contributed by atoms with Crippen LogP contribution in [0.15, 0.2) is 5.16 Å². The van der Waals surface area contributed by atoms with Crippen LogP contribution >= 0.6 is 0 Å². The molecule has 0 aromatic carbocycles. The maximum Gasteiger partial charge on any atom is 0.216 e. The van der Waals surface area contributed by atoms with Crippen molar-refractivity contribution in [1.29, 1.82) is 0 Å². The fraction of sp³-hybridized carbons (Fsp3) is 0.917. The summed E-state index contributed by atoms with van der Waals surface area (Å²) in [6, 6.07) is -0.117. The molecule has 0 aromatic rings. The average Bonchev–Trinajstić information content (AvgIpc) is 2.44. The minimum Gasteiger partial charge on any atom is -0.409 e. The number of piperazine rings is 1. The molecule has 1 atom stereocenters. The molecule has 0 aliphatic carbocycles. The standard InChI is InChI=1S/C12H26N4O3S/c1-4-5-11(12(13)14-17)15-6-8-16(9-7-15)20(18,19)10(2)3/h10-11,17H,4-9H2,1-3H3,(H2,13,14). The summed E-state index contributed by atoms with van der Waals surface area (Å²) in [5.74, 6) is 0.201. The molecule has 3 N–H and O–H groups in total. The Morgan fingerprint density at radius 3 is 2.25 bits per heavy atom. The molecule has 0 saturated carbocycles. The number of amidine groups is 1. The lowest BCUT2D eigenvalue weighted by Gasteiger charge is -2.38. The summed E-state index contributed by atoms with van der Waals surface area (Å²) in [6.45, 7) is 7.55. The van der Waals surface area contributed by atoms with Crippen LogP contribution in [-0.2, 0) is 10.0 Å². The van der Waals surface area contributed by atoms with Crippen LogP contribution in [-0.4, -0.2) is 66.1 Å². The molecule has 1 aliphatic rings. The van der Waals surface area contributed by atoms with Crippen LogP contribution < -0.4 is 5.73 Å². The number of nitrogens with two attached hydrogens (primary N) is 1. The summed E-state index contributed by atoms with van der Waals surface area (Å²) in [5.41, 5.74) is 5.73. The third kappa shape index (κ3) is 3.83. The normalized spacial score (nSPS) is 21.3. The highest BCUT2D eigenvalue weighted by molar-refractivity contribution is 7.89. The van der Waals surface area contributed by atoms with Crippen molar-refractivity contribution >= 4 is 15.9 Å². The predicted octanol–water partition coefficient (Wildman–Crippen LogP) is 0.257. The molecule has 0 radical (unpaired) electrons. The topological polar surface area (TPSA) is 99.2 Å². The van der Waals surface area contributed by atoms with E-state index in [2.05, 4.69) is 10.1 Å². The van der Waals surface area contributed by atoms with Gasteiger partial charge in [-0.2, -0.15) is 4.31 Å². The van der Waals surface area contributed by atoms with Gasteiger partial charge in [0.1, 0.15) is 0 Å². The summed E-state index contributed by atoms with van der Waals surface area (Å²) in [4.78, 5) is 2.09. The smallest absolute Gasteiger partial charge is 0.216 e. The van der Waals surface area contributed by atoms with E-state index in [1.807, 2.05) is 6.92 Å². The lowest BCUT2D eigenvalue weighted by molar-refractivity contribution is 0.158. The fourth-order valence-corrected chi connectivity index (χ4v) is 3.69. The van der Waals surface area contributed by atoms with Crippen LogP contribution in [0, 0.1) is 0 Å². The highest BCUT2D eigenvalue weighted by atomic mass is 32.2. The monoisotopic (exact) mass is 306 g/mol. The molecule has 0 bridgehead atoms. The largest absolute Gasteiger partial charge is 0.409 e. The van der Waals surface area contributed by atoms with E-state index in [0.29, 0.717) is 26.2 Å². The molecular formula is C12H26N4O3S. The van der Waals surface area contributed by atoms with Crippen LogP contribution in [0.5, 0.6) is 0 Å². The van der Waals surface area contributed by atoms with Crippen LogP contribution in [0.25, 0.3) is 0 Å². The van der Waals surface area contributed by atoms with Crippen LogP contribution in [0.3, 0.4) is 0 Å². The van der Waals surface area contributed by atoms with Gasteiger partial charge in [0.05, 0.1) is 11.3 Å². The van der Waals surface area contributed by atoms with E-state index in [1.165, 1.54) is 4.31 Å². The van der Waals surface area contributed by atoms with Crippen molar-refractivity contribution in [3.8, 4) is 0 Å². The summed E-state index contributed by atoms with van der Waals surface area (Å²) < 4.78 is 25.7. The van der Waals surface area contributed by atoms with E-state index in [0.717, 1.165) is 12.8 Å². The zero-order chi connectivity index (χ0) is 15.3. The van der Waals surface area contributed by atoms with E-state index < -0.39 is 15.3 Å². The number of sulfonamides is 1. The Balaban J connectivity index is 2.69. The van der Waals surface area contributed by atoms with Gasteiger partial charge in [0.25, 0.3) is 0 Å². The Bertz CT molecular complexity index is 428. The van der Waals surface area contributed by atoms with Crippen LogP contribution in [0.1, 0.15) is 33.6 Å². The molecule has 1 heterocycles. The lowest BCUT2D eigenvalue weighted by Crippen LogP contribution is -2.56. The molecule has 1 unspecified atom stereocenters. The first-order valence-corrected chi connectivity index (χ1v) is 8.55. The van der Waals surface area contributed by atoms with Gasteiger partial charge in [-0.3, -0.25) is 4.90 Å². The molecule has 8 heteroatoms. The van der Waals surface area contributed by atoms with Crippen molar-refractivity contribution in [2.45, 2.75) is 44.9 Å². The van der Waals surface area contributed by atoms with Gasteiger partial charge >= 0.3 is 0 Å². The molecule has 118 valence electrons. The van der Waals surface area contributed by atoms with Crippen molar-refractivity contribution < 1.29 is 13.6 Å². The zero-order valence-corrected chi connectivity index (χ0v) is 13.3. The van der Waals surface area contributed by atoms with Crippen molar-refractivity contribution in [2.75, 3.05) is 26.2 Å². The Kier molecular flexibility index (Phi) is 6.22. The molecule has 0 amide bonds. The number of rotatable bonds is 6. The van der Waals surface area contributed by atoms with E-state index in [4.69, 9.17) is 10.9 Å². The second-order valence-corrected chi connectivity index (χ2v) is 7.85. The van der Waals surface area contributed by atoms with Crippen LogP contribution in [0.4, 0.5) is 0 Å². The molecular weight excluding hydrogens is 280 g/mol. The number of hydrogen-bond donors (Lipinski definition) is 2. The van der Waals surface area contributed by atoms with Gasteiger partial charge in [0.15, 0.2) is 5.84 Å². The van der Waals surface area contributed by atoms with E-state index >= 15 is 0 Å². The second-order valence-electron chi connectivity index (χ2n) is 5.36. The fourth-order valence-electron chi connectivity index (χ4n) is 2.43. The average molecular weight is 306 g/mol. The van der Waals surface area contributed by atoms with Gasteiger partial charge in [-0.05, 0) is 20.3 Å². The molecule has 1 saturated heterocycles. The Hall–Kier alpha value is -0.860. The maximum atomic E-state index is 12.1. The predicted molar refractivity (Wildman–Crippen MR) is 79.3 cm³/mol. The molecule has 0 spiro atoms. The molecule has 20 heavy (non-hydrogen) atoms. The van der Waals surface area contributed by atoms with Gasteiger partial charge in [0.2, 0.25) is 10.0 Å². The first kappa shape index (κ1) is 17.2. The van der Waals surface area contributed by atoms with Gasteiger partial charge in [-0.25, -0.2) is 8.42 Å². The Morgan fingerprint density at radius 2 is 1.85 bits per heavy atom. The van der Waals surface area contributed by atoms with Crippen molar-refractivity contribution in [2.24, 2.45) is 10.9 Å². The van der Waals surface area contributed by atoms with E-state index in [-0.39, 0.29) is 11.9 Å². The summed E-state index contributed by atoms with van der Waals surface area (Å²) in [5, 5.41) is 11.5.